The first kappa shape index (κ1) is 18.4. The first-order chi connectivity index (χ1) is 12.4. The number of benzene rings is 1. The van der Waals surface area contributed by atoms with Crippen LogP contribution in [0.15, 0.2) is 35.2 Å². The maximum atomic E-state index is 12.4. The molecule has 1 fully saturated rings. The lowest BCUT2D eigenvalue weighted by Crippen LogP contribution is -2.46. The Morgan fingerprint density at radius 3 is 2.77 bits per heavy atom. The van der Waals surface area contributed by atoms with Crippen molar-refractivity contribution in [2.75, 3.05) is 25.1 Å². The number of hydrogen-bond acceptors (Lipinski definition) is 6. The van der Waals surface area contributed by atoms with Crippen molar-refractivity contribution in [3.63, 3.8) is 0 Å². The Morgan fingerprint density at radius 2 is 2.12 bits per heavy atom. The van der Waals surface area contributed by atoms with Crippen molar-refractivity contribution in [1.29, 1.82) is 0 Å². The molecule has 3 rings (SSSR count). The summed E-state index contributed by atoms with van der Waals surface area (Å²) in [6.45, 7) is 1.54. The van der Waals surface area contributed by atoms with E-state index in [-0.39, 0.29) is 17.7 Å². The van der Waals surface area contributed by atoms with E-state index in [1.165, 1.54) is 12.6 Å². The van der Waals surface area contributed by atoms with Crippen LogP contribution in [-0.4, -0.2) is 54.6 Å². The summed E-state index contributed by atoms with van der Waals surface area (Å²) in [6, 6.07) is 7.37. The van der Waals surface area contributed by atoms with Crippen LogP contribution in [-0.2, 0) is 16.4 Å². The van der Waals surface area contributed by atoms with Gasteiger partial charge in [-0.05, 0) is 24.3 Å². The Hall–Kier alpha value is -2.42. The number of piperidine rings is 1. The van der Waals surface area contributed by atoms with E-state index in [2.05, 4.69) is 15.5 Å². The second kappa shape index (κ2) is 7.86. The van der Waals surface area contributed by atoms with Gasteiger partial charge in [0, 0.05) is 31.5 Å². The van der Waals surface area contributed by atoms with Crippen LogP contribution in [0.25, 0.3) is 11.4 Å². The molecule has 2 aromatic rings. The first-order valence-corrected chi connectivity index (χ1v) is 10.5. The van der Waals surface area contributed by atoms with Crippen LogP contribution in [0.3, 0.4) is 0 Å². The van der Waals surface area contributed by atoms with Crippen LogP contribution in [0.2, 0.25) is 0 Å². The molecule has 0 bridgehead atoms. The molecule has 0 saturated carbocycles. The van der Waals surface area contributed by atoms with Gasteiger partial charge in [0.2, 0.25) is 12.2 Å². The monoisotopic (exact) mass is 378 g/mol. The number of nitrogens with zero attached hydrogens (tertiary/aromatic N) is 3. The molecule has 2 amide bonds. The number of likely N-dealkylation sites (tertiary alicyclic amines) is 1. The maximum Gasteiger partial charge on any atom is 0.317 e. The van der Waals surface area contributed by atoms with Crippen LogP contribution in [0, 0.1) is 5.92 Å². The number of urea groups is 1. The molecule has 0 spiro atoms. The summed E-state index contributed by atoms with van der Waals surface area (Å²) in [4.78, 5) is 18.1. The van der Waals surface area contributed by atoms with Crippen molar-refractivity contribution < 1.29 is 17.7 Å². The summed E-state index contributed by atoms with van der Waals surface area (Å²) in [7, 11) is -3.03. The number of sulfone groups is 1. The topological polar surface area (TPSA) is 105 Å². The molecule has 9 heteroatoms. The highest BCUT2D eigenvalue weighted by molar-refractivity contribution is 7.90. The minimum Gasteiger partial charge on any atom is -0.342 e. The van der Waals surface area contributed by atoms with Crippen molar-refractivity contribution in [1.82, 2.24) is 20.4 Å². The molecular weight excluding hydrogens is 356 g/mol. The van der Waals surface area contributed by atoms with Gasteiger partial charge in [-0.2, -0.15) is 4.98 Å². The van der Waals surface area contributed by atoms with E-state index >= 15 is 0 Å². The maximum absolute atomic E-state index is 12.4. The lowest BCUT2D eigenvalue weighted by molar-refractivity contribution is 0.170. The van der Waals surface area contributed by atoms with Crippen LogP contribution in [0.5, 0.6) is 0 Å². The third-order valence-corrected chi connectivity index (χ3v) is 5.44. The number of amides is 2. The van der Waals surface area contributed by atoms with Gasteiger partial charge >= 0.3 is 6.03 Å². The predicted molar refractivity (Wildman–Crippen MR) is 96.0 cm³/mol. The average Bonchev–Trinajstić information content (AvgIpc) is 3.13. The van der Waals surface area contributed by atoms with Gasteiger partial charge < -0.3 is 14.7 Å². The van der Waals surface area contributed by atoms with Crippen molar-refractivity contribution >= 4 is 15.9 Å². The quantitative estimate of drug-likeness (QED) is 0.849. The number of hydrogen-bond donors (Lipinski definition) is 1. The molecule has 1 aliphatic rings. The van der Waals surface area contributed by atoms with Gasteiger partial charge in [0.05, 0.1) is 5.75 Å². The molecule has 8 nitrogen and oxygen atoms in total. The standard InChI is InChI=1S/C17H22N4O4S/c1-26(23,24)11-14-3-2-8-21(10-14)17(22)18-9-13-4-6-15(7-5-13)16-19-12-25-20-16/h4-7,12,14H,2-3,8-11H2,1H3,(H,18,22). The largest absolute Gasteiger partial charge is 0.342 e. The van der Waals surface area contributed by atoms with Crippen LogP contribution in [0.4, 0.5) is 4.79 Å². The predicted octanol–water partition coefficient (Wildman–Crippen LogP) is 1.70. The molecule has 1 unspecified atom stereocenters. The van der Waals surface area contributed by atoms with Crippen LogP contribution < -0.4 is 5.32 Å². The van der Waals surface area contributed by atoms with Gasteiger partial charge in [0.1, 0.15) is 9.84 Å². The zero-order valence-electron chi connectivity index (χ0n) is 14.6. The third-order valence-electron chi connectivity index (χ3n) is 4.36. The van der Waals surface area contributed by atoms with Crippen molar-refractivity contribution in [2.24, 2.45) is 5.92 Å². The fraction of sp³-hybridized carbons (Fsp3) is 0.471. The summed E-state index contributed by atoms with van der Waals surface area (Å²) >= 11 is 0. The second-order valence-corrected chi connectivity index (χ2v) is 8.84. The van der Waals surface area contributed by atoms with E-state index in [0.29, 0.717) is 25.5 Å². The molecule has 140 valence electrons. The van der Waals surface area contributed by atoms with E-state index in [4.69, 9.17) is 4.52 Å². The third kappa shape index (κ3) is 5.04. The Balaban J connectivity index is 1.52. The second-order valence-electron chi connectivity index (χ2n) is 6.66. The van der Waals surface area contributed by atoms with Gasteiger partial charge in [0.15, 0.2) is 0 Å². The Labute approximate surface area is 152 Å². The molecule has 26 heavy (non-hydrogen) atoms. The molecule has 1 aliphatic heterocycles. The van der Waals surface area contributed by atoms with Crippen LogP contribution >= 0.6 is 0 Å². The lowest BCUT2D eigenvalue weighted by atomic mass is 10.0. The van der Waals surface area contributed by atoms with Crippen molar-refractivity contribution in [3.8, 4) is 11.4 Å². The van der Waals surface area contributed by atoms with Crippen molar-refractivity contribution in [3.05, 3.63) is 36.2 Å². The first-order valence-electron chi connectivity index (χ1n) is 8.47. The smallest absolute Gasteiger partial charge is 0.317 e. The van der Waals surface area contributed by atoms with E-state index in [9.17, 15) is 13.2 Å². The summed E-state index contributed by atoms with van der Waals surface area (Å²) in [5.41, 5.74) is 1.80. The van der Waals surface area contributed by atoms with E-state index < -0.39 is 9.84 Å². The minimum atomic E-state index is -3.03. The zero-order valence-corrected chi connectivity index (χ0v) is 15.4. The van der Waals surface area contributed by atoms with Gasteiger partial charge in [0.25, 0.3) is 0 Å². The van der Waals surface area contributed by atoms with Gasteiger partial charge in [-0.3, -0.25) is 0 Å². The zero-order chi connectivity index (χ0) is 18.6. The highest BCUT2D eigenvalue weighted by Crippen LogP contribution is 2.18. The summed E-state index contributed by atoms with van der Waals surface area (Å²) in [6.07, 6.45) is 4.19. The molecule has 0 radical (unpaired) electrons. The summed E-state index contributed by atoms with van der Waals surface area (Å²) in [5.74, 6) is 0.665. The Morgan fingerprint density at radius 1 is 1.35 bits per heavy atom. The molecule has 1 aromatic carbocycles. The number of carbonyl (C=O) groups excluding carboxylic acids is 1. The molecule has 0 aliphatic carbocycles. The molecule has 1 atom stereocenters. The SMILES string of the molecule is CS(=O)(=O)CC1CCCN(C(=O)NCc2ccc(-c3ncon3)cc2)C1. The fourth-order valence-electron chi connectivity index (χ4n) is 3.17. The molecular formula is C17H22N4O4S. The Bertz CT molecular complexity index is 834. The van der Waals surface area contributed by atoms with Gasteiger partial charge in [-0.25, -0.2) is 13.2 Å². The number of carbonyl (C=O) groups is 1. The number of nitrogens with one attached hydrogen (secondary N) is 1. The van der Waals surface area contributed by atoms with E-state index in [0.717, 1.165) is 24.0 Å². The van der Waals surface area contributed by atoms with E-state index in [1.54, 1.807) is 4.90 Å². The normalized spacial score (nSPS) is 17.9. The lowest BCUT2D eigenvalue weighted by Gasteiger charge is -2.32. The molecule has 1 N–H and O–H groups in total. The summed E-state index contributed by atoms with van der Waals surface area (Å²) in [5, 5.41) is 6.67. The Kier molecular flexibility index (Phi) is 5.55. The van der Waals surface area contributed by atoms with Gasteiger partial charge in [-0.1, -0.05) is 29.4 Å². The molecule has 2 heterocycles. The van der Waals surface area contributed by atoms with Crippen LogP contribution in [0.1, 0.15) is 18.4 Å². The highest BCUT2D eigenvalue weighted by atomic mass is 32.2. The minimum absolute atomic E-state index is 0.0127. The van der Waals surface area contributed by atoms with Gasteiger partial charge in [-0.15, -0.1) is 0 Å². The highest BCUT2D eigenvalue weighted by Gasteiger charge is 2.25. The fourth-order valence-corrected chi connectivity index (χ4v) is 4.30. The number of rotatable bonds is 5. The van der Waals surface area contributed by atoms with E-state index in [1.807, 2.05) is 24.3 Å². The average molecular weight is 378 g/mol. The molecule has 1 aromatic heterocycles. The van der Waals surface area contributed by atoms with Crippen molar-refractivity contribution in [2.45, 2.75) is 19.4 Å². The molecule has 1 saturated heterocycles. The number of aromatic nitrogens is 2. The summed E-state index contributed by atoms with van der Waals surface area (Å²) < 4.78 is 27.7.